The molecule has 3 nitrogen and oxygen atoms in total. The molecule has 0 amide bonds. The fraction of sp³-hybridized carbons (Fsp3) is 0.0526. The summed E-state index contributed by atoms with van der Waals surface area (Å²) in [6.45, 7) is 0. The molecule has 10 heteroatoms. The average molecular weight is 460 g/mol. The fourth-order valence-electron chi connectivity index (χ4n) is 2.47. The SMILES string of the molecule is Fc1ccc([S+]2c3ccccc3Sc3ccccc32)cc1.O=S(=O)([O-])C(F)(F)F. The minimum Gasteiger partial charge on any atom is -0.741 e. The van der Waals surface area contributed by atoms with Crippen LogP contribution in [-0.4, -0.2) is 18.5 Å². The Kier molecular flexibility index (Phi) is 6.27. The molecule has 3 aromatic carbocycles. The zero-order chi connectivity index (χ0) is 21.2. The van der Waals surface area contributed by atoms with Crippen molar-refractivity contribution in [2.75, 3.05) is 0 Å². The van der Waals surface area contributed by atoms with Crippen molar-refractivity contribution in [1.82, 2.24) is 0 Å². The first-order valence-electron chi connectivity index (χ1n) is 7.96. The van der Waals surface area contributed by atoms with Crippen LogP contribution >= 0.6 is 11.8 Å². The number of halogens is 4. The van der Waals surface area contributed by atoms with Crippen molar-refractivity contribution >= 4 is 32.8 Å². The summed E-state index contributed by atoms with van der Waals surface area (Å²) in [4.78, 5) is 6.41. The molecule has 0 saturated carbocycles. The number of rotatable bonds is 1. The van der Waals surface area contributed by atoms with E-state index in [0.29, 0.717) is 0 Å². The summed E-state index contributed by atoms with van der Waals surface area (Å²) in [5.41, 5.74) is -5.65. The van der Waals surface area contributed by atoms with Gasteiger partial charge in [-0.15, -0.1) is 0 Å². The van der Waals surface area contributed by atoms with E-state index >= 15 is 0 Å². The van der Waals surface area contributed by atoms with Gasteiger partial charge in [-0.3, -0.25) is 0 Å². The maximum absolute atomic E-state index is 13.2. The van der Waals surface area contributed by atoms with Gasteiger partial charge in [-0.2, -0.15) is 13.2 Å². The summed E-state index contributed by atoms with van der Waals surface area (Å²) in [6, 6.07) is 23.9. The molecule has 0 spiro atoms. The fourth-order valence-corrected chi connectivity index (χ4v) is 6.21. The molecule has 1 aliphatic rings. The second kappa shape index (κ2) is 8.39. The van der Waals surface area contributed by atoms with Crippen molar-refractivity contribution < 1.29 is 30.5 Å². The monoisotopic (exact) mass is 460 g/mol. The first-order valence-corrected chi connectivity index (χ1v) is 11.4. The van der Waals surface area contributed by atoms with Crippen LogP contribution in [0.25, 0.3) is 0 Å². The molecule has 0 atom stereocenters. The summed E-state index contributed by atoms with van der Waals surface area (Å²) in [6.07, 6.45) is 0. The molecule has 0 bridgehead atoms. The molecule has 0 radical (unpaired) electrons. The van der Waals surface area contributed by atoms with Crippen LogP contribution in [-0.2, 0) is 21.0 Å². The van der Waals surface area contributed by atoms with Crippen molar-refractivity contribution in [3.63, 3.8) is 0 Å². The number of benzene rings is 3. The Morgan fingerprint density at radius 3 is 1.62 bits per heavy atom. The highest BCUT2D eigenvalue weighted by Crippen LogP contribution is 2.47. The van der Waals surface area contributed by atoms with Crippen LogP contribution in [0.3, 0.4) is 0 Å². The van der Waals surface area contributed by atoms with Crippen LogP contribution in [0.15, 0.2) is 97.3 Å². The molecule has 0 fully saturated rings. The Hall–Kier alpha value is -2.01. The van der Waals surface area contributed by atoms with Gasteiger partial charge >= 0.3 is 5.51 Å². The van der Waals surface area contributed by atoms with Gasteiger partial charge in [-0.25, -0.2) is 12.8 Å². The van der Waals surface area contributed by atoms with Gasteiger partial charge in [0.1, 0.15) is 16.7 Å². The number of fused-ring (bicyclic) bond motifs is 2. The minimum absolute atomic E-state index is 0.154. The van der Waals surface area contributed by atoms with E-state index in [1.807, 2.05) is 23.9 Å². The maximum atomic E-state index is 13.2. The Morgan fingerprint density at radius 1 is 0.793 bits per heavy atom. The number of hydrogen-bond donors (Lipinski definition) is 0. The lowest BCUT2D eigenvalue weighted by atomic mass is 10.3. The van der Waals surface area contributed by atoms with Gasteiger partial charge in [0.25, 0.3) is 0 Å². The molecule has 1 heterocycles. The molecule has 0 N–H and O–H groups in total. The van der Waals surface area contributed by atoms with Crippen molar-refractivity contribution in [3.8, 4) is 0 Å². The van der Waals surface area contributed by atoms with Gasteiger partial charge in [0.05, 0.1) is 9.79 Å². The van der Waals surface area contributed by atoms with E-state index in [0.717, 1.165) is 4.90 Å². The second-order valence-corrected chi connectivity index (χ2v) is 10.1. The lowest BCUT2D eigenvalue weighted by Crippen LogP contribution is -2.21. The van der Waals surface area contributed by atoms with Crippen molar-refractivity contribution in [2.24, 2.45) is 0 Å². The number of alkyl halides is 3. The van der Waals surface area contributed by atoms with Crippen molar-refractivity contribution in [2.45, 2.75) is 30.0 Å². The van der Waals surface area contributed by atoms with Gasteiger partial charge in [0.2, 0.25) is 0 Å². The highest BCUT2D eigenvalue weighted by atomic mass is 32.2. The van der Waals surface area contributed by atoms with Crippen LogP contribution in [0.4, 0.5) is 17.6 Å². The molecule has 4 rings (SSSR count). The van der Waals surface area contributed by atoms with Crippen LogP contribution < -0.4 is 0 Å². The number of hydrogen-bond acceptors (Lipinski definition) is 4. The Labute approximate surface area is 171 Å². The molecule has 152 valence electrons. The normalized spacial score (nSPS) is 13.7. The third-order valence-electron chi connectivity index (χ3n) is 3.69. The topological polar surface area (TPSA) is 57.2 Å². The van der Waals surface area contributed by atoms with Crippen LogP contribution in [0.1, 0.15) is 0 Å². The molecule has 0 unspecified atom stereocenters. The van der Waals surface area contributed by atoms with Crippen molar-refractivity contribution in [1.29, 1.82) is 0 Å². The van der Waals surface area contributed by atoms with E-state index in [-0.39, 0.29) is 16.7 Å². The summed E-state index contributed by atoms with van der Waals surface area (Å²) < 4.78 is 72.1. The summed E-state index contributed by atoms with van der Waals surface area (Å²) in [5, 5.41) is 0. The Bertz CT molecular complexity index is 1070. The Balaban J connectivity index is 0.000000258. The zero-order valence-corrected chi connectivity index (χ0v) is 16.8. The molecular formula is C19H12F4O3S3. The molecule has 29 heavy (non-hydrogen) atoms. The third-order valence-corrected chi connectivity index (χ3v) is 8.00. The van der Waals surface area contributed by atoms with Gasteiger partial charge in [0.15, 0.2) is 24.8 Å². The predicted molar refractivity (Wildman–Crippen MR) is 101 cm³/mol. The predicted octanol–water partition coefficient (Wildman–Crippen LogP) is 5.44. The third kappa shape index (κ3) is 4.95. The standard InChI is InChI=1S/C18H12FS2.CHF3O3S/c19-13-9-11-14(12-10-13)21-17-7-3-1-5-15(17)20-16-6-2-4-8-18(16)21;2-1(3,4)8(5,6)7/h1-12H;(H,5,6,7)/q+1;/p-1. The van der Waals surface area contributed by atoms with Gasteiger partial charge in [-0.05, 0) is 48.5 Å². The van der Waals surface area contributed by atoms with Gasteiger partial charge < -0.3 is 4.55 Å². The van der Waals surface area contributed by atoms with E-state index in [1.165, 1.54) is 19.6 Å². The smallest absolute Gasteiger partial charge is 0.485 e. The van der Waals surface area contributed by atoms with Crippen LogP contribution in [0, 0.1) is 5.82 Å². The van der Waals surface area contributed by atoms with Gasteiger partial charge in [0, 0.05) is 0 Å². The molecule has 0 aromatic heterocycles. The van der Waals surface area contributed by atoms with Crippen molar-refractivity contribution in [3.05, 3.63) is 78.6 Å². The second-order valence-electron chi connectivity index (χ2n) is 5.66. The quantitative estimate of drug-likeness (QED) is 0.164. The highest BCUT2D eigenvalue weighted by molar-refractivity contribution is 8.04. The largest absolute Gasteiger partial charge is 0.741 e. The zero-order valence-electron chi connectivity index (χ0n) is 14.4. The van der Waals surface area contributed by atoms with E-state index in [1.54, 1.807) is 12.1 Å². The highest BCUT2D eigenvalue weighted by Gasteiger charge is 2.38. The molecule has 1 aliphatic heterocycles. The minimum atomic E-state index is -6.09. The van der Waals surface area contributed by atoms with E-state index in [4.69, 9.17) is 13.0 Å². The lowest BCUT2D eigenvalue weighted by molar-refractivity contribution is -0.0517. The van der Waals surface area contributed by atoms with Crippen LogP contribution in [0.2, 0.25) is 0 Å². The molecule has 0 saturated heterocycles. The summed E-state index contributed by atoms with van der Waals surface area (Å²) >= 11 is 1.82. The molecular weight excluding hydrogens is 448 g/mol. The lowest BCUT2D eigenvalue weighted by Gasteiger charge is -2.18. The first kappa shape index (κ1) is 21.7. The summed E-state index contributed by atoms with van der Waals surface area (Å²) in [7, 11) is -6.24. The van der Waals surface area contributed by atoms with Crippen LogP contribution in [0.5, 0.6) is 0 Å². The van der Waals surface area contributed by atoms with E-state index in [2.05, 4.69) is 48.5 Å². The average Bonchev–Trinajstić information content (AvgIpc) is 2.66. The molecule has 3 aromatic rings. The van der Waals surface area contributed by atoms with E-state index in [9.17, 15) is 17.6 Å². The van der Waals surface area contributed by atoms with Gasteiger partial charge in [-0.1, -0.05) is 36.0 Å². The Morgan fingerprint density at radius 2 is 1.21 bits per heavy atom. The molecule has 0 aliphatic carbocycles. The van der Waals surface area contributed by atoms with E-state index < -0.39 is 15.6 Å². The maximum Gasteiger partial charge on any atom is 0.485 e. The summed E-state index contributed by atoms with van der Waals surface area (Å²) in [5.74, 6) is -0.185. The first-order chi connectivity index (χ1) is 13.6.